The van der Waals surface area contributed by atoms with Crippen molar-refractivity contribution in [2.24, 2.45) is 0 Å². The minimum atomic E-state index is -4.97. The Labute approximate surface area is 196 Å². The van der Waals surface area contributed by atoms with Crippen LogP contribution in [0, 0.1) is 0 Å². The first-order valence-corrected chi connectivity index (χ1v) is 17.8. The third-order valence-electron chi connectivity index (χ3n) is 3.28. The maximum absolute atomic E-state index is 11.9. The van der Waals surface area contributed by atoms with Gasteiger partial charge >= 0.3 is 29.6 Å². The molecule has 19 heteroatoms. The second-order valence-electron chi connectivity index (χ2n) is 5.51. The third-order valence-corrected chi connectivity index (χ3v) is 16.0. The van der Waals surface area contributed by atoms with Crippen LogP contribution < -0.4 is 0 Å². The van der Waals surface area contributed by atoms with Crippen molar-refractivity contribution in [2.45, 2.75) is 25.7 Å². The van der Waals surface area contributed by atoms with E-state index in [4.69, 9.17) is 9.11 Å². The summed E-state index contributed by atoms with van der Waals surface area (Å²) in [5.41, 5.74) is 0. The summed E-state index contributed by atoms with van der Waals surface area (Å²) < 4.78 is 133. The molecular weight excluding hydrogens is 527 g/mol. The standard InChI is InChI=1S/C10H22O12S6.Na.H/c11-23(12)5-1-3-7-25(15,16)27(19,20)9-10-28(21,22)26(17,18)8-4-2-6-24(13)14;;/h1-10H2,(H,11,12)(H,13,14);;. The average molecular weight is 551 g/mol. The Morgan fingerprint density at radius 2 is 0.724 bits per heavy atom. The Morgan fingerprint density at radius 1 is 0.483 bits per heavy atom. The first-order chi connectivity index (χ1) is 12.5. The predicted octanol–water partition coefficient (Wildman–Crippen LogP) is -2.17. The van der Waals surface area contributed by atoms with Gasteiger partial charge in [-0.1, -0.05) is 0 Å². The Hall–Kier alpha value is 1.02. The molecule has 172 valence electrons. The Bertz CT molecular complexity index is 898. The molecule has 0 aromatic rings. The molecule has 0 aliphatic rings. The molecule has 0 rings (SSSR count). The fourth-order valence-corrected chi connectivity index (χ4v) is 11.4. The molecule has 12 nitrogen and oxygen atoms in total. The zero-order chi connectivity index (χ0) is 22.2. The molecular formula is C10H23NaO12S6. The molecule has 0 fully saturated rings. The van der Waals surface area contributed by atoms with E-state index in [1.54, 1.807) is 0 Å². The van der Waals surface area contributed by atoms with E-state index in [1.165, 1.54) is 0 Å². The summed E-state index contributed by atoms with van der Waals surface area (Å²) in [6.45, 7) is 0. The van der Waals surface area contributed by atoms with Gasteiger partial charge in [0.15, 0.2) is 22.2 Å². The average Bonchev–Trinajstić information content (AvgIpc) is 2.53. The van der Waals surface area contributed by atoms with E-state index in [9.17, 15) is 42.1 Å². The summed E-state index contributed by atoms with van der Waals surface area (Å²) in [7, 11) is -19.5. The fraction of sp³-hybridized carbons (Fsp3) is 1.00. The molecule has 0 aliphatic carbocycles. The van der Waals surface area contributed by atoms with Crippen LogP contribution in [0.3, 0.4) is 0 Å². The van der Waals surface area contributed by atoms with Gasteiger partial charge in [-0.25, -0.2) is 42.1 Å². The molecule has 0 spiro atoms. The molecule has 0 radical (unpaired) electrons. The fourth-order valence-electron chi connectivity index (χ4n) is 1.72. The monoisotopic (exact) mass is 550 g/mol. The van der Waals surface area contributed by atoms with Crippen molar-refractivity contribution < 1.29 is 51.2 Å². The normalized spacial score (nSPS) is 15.4. The van der Waals surface area contributed by atoms with Crippen LogP contribution >= 0.6 is 0 Å². The van der Waals surface area contributed by atoms with Crippen molar-refractivity contribution in [2.75, 3.05) is 34.5 Å². The van der Waals surface area contributed by atoms with Crippen LogP contribution in [0.15, 0.2) is 0 Å². The predicted molar refractivity (Wildman–Crippen MR) is 112 cm³/mol. The Kier molecular flexibility index (Phi) is 15.0. The van der Waals surface area contributed by atoms with Crippen LogP contribution in [0.2, 0.25) is 0 Å². The molecule has 2 atom stereocenters. The molecule has 2 unspecified atom stereocenters. The van der Waals surface area contributed by atoms with Gasteiger partial charge in [-0.2, -0.15) is 0 Å². The molecule has 0 saturated carbocycles. The van der Waals surface area contributed by atoms with Gasteiger partial charge in [-0.05, 0) is 25.7 Å². The van der Waals surface area contributed by atoms with Gasteiger partial charge in [-0.15, -0.1) is 0 Å². The zero-order valence-corrected chi connectivity index (χ0v) is 19.4. The topological polar surface area (TPSA) is 211 Å². The summed E-state index contributed by atoms with van der Waals surface area (Å²) in [5.74, 6) is -5.18. The van der Waals surface area contributed by atoms with E-state index < -0.39 is 80.6 Å². The molecule has 0 heterocycles. The summed E-state index contributed by atoms with van der Waals surface area (Å²) in [6, 6.07) is 0. The first-order valence-electron chi connectivity index (χ1n) is 7.60. The van der Waals surface area contributed by atoms with E-state index >= 15 is 0 Å². The molecule has 29 heavy (non-hydrogen) atoms. The van der Waals surface area contributed by atoms with Crippen LogP contribution in [0.4, 0.5) is 0 Å². The molecule has 0 aliphatic heterocycles. The van der Waals surface area contributed by atoms with Gasteiger partial charge in [0.25, 0.3) is 35.5 Å². The van der Waals surface area contributed by atoms with Crippen LogP contribution in [-0.2, 0) is 57.6 Å². The Morgan fingerprint density at radius 3 is 0.966 bits per heavy atom. The molecule has 0 amide bonds. The van der Waals surface area contributed by atoms with Gasteiger partial charge < -0.3 is 9.11 Å². The quantitative estimate of drug-likeness (QED) is 0.0965. The van der Waals surface area contributed by atoms with E-state index in [0.29, 0.717) is 0 Å². The van der Waals surface area contributed by atoms with Gasteiger partial charge in [-0.3, -0.25) is 0 Å². The van der Waals surface area contributed by atoms with Crippen molar-refractivity contribution in [3.8, 4) is 0 Å². The molecule has 0 saturated heterocycles. The summed E-state index contributed by atoms with van der Waals surface area (Å²) in [5, 5.41) is 0. The number of unbranched alkanes of at least 4 members (excludes halogenated alkanes) is 2. The van der Waals surface area contributed by atoms with Crippen molar-refractivity contribution >= 4 is 87.2 Å². The molecule has 0 bridgehead atoms. The zero-order valence-electron chi connectivity index (χ0n) is 14.5. The summed E-state index contributed by atoms with van der Waals surface area (Å²) in [4.78, 5) is 0. The molecule has 0 aromatic heterocycles. The van der Waals surface area contributed by atoms with E-state index in [0.717, 1.165) is 0 Å². The van der Waals surface area contributed by atoms with Crippen molar-refractivity contribution in [3.63, 3.8) is 0 Å². The SMILES string of the molecule is O=S(O)CCCCS(=O)(=O)S(=O)(=O)CCS(=O)(=O)S(=O)(=O)CCCCS(=O)O.[NaH]. The minimum absolute atomic E-state index is 0. The van der Waals surface area contributed by atoms with Gasteiger partial charge in [0.1, 0.15) is 0 Å². The summed E-state index contributed by atoms with van der Waals surface area (Å²) >= 11 is -4.34. The maximum atomic E-state index is 11.9. The molecule has 0 aromatic carbocycles. The van der Waals surface area contributed by atoms with Crippen molar-refractivity contribution in [1.82, 2.24) is 0 Å². The third kappa shape index (κ3) is 12.0. The van der Waals surface area contributed by atoms with Crippen LogP contribution in [0.5, 0.6) is 0 Å². The van der Waals surface area contributed by atoms with Gasteiger partial charge in [0.2, 0.25) is 0 Å². The Balaban J connectivity index is 0. The van der Waals surface area contributed by atoms with Crippen molar-refractivity contribution in [1.29, 1.82) is 0 Å². The number of hydrogen-bond donors (Lipinski definition) is 2. The van der Waals surface area contributed by atoms with Crippen LogP contribution in [0.1, 0.15) is 25.7 Å². The number of rotatable bonds is 15. The van der Waals surface area contributed by atoms with Crippen LogP contribution in [0.25, 0.3) is 0 Å². The van der Waals surface area contributed by atoms with Gasteiger partial charge in [0.05, 0.1) is 23.0 Å². The summed E-state index contributed by atoms with van der Waals surface area (Å²) in [6.07, 6.45) is -0.595. The van der Waals surface area contributed by atoms with Crippen LogP contribution in [-0.4, -0.2) is 115 Å². The van der Waals surface area contributed by atoms with E-state index in [2.05, 4.69) is 0 Å². The van der Waals surface area contributed by atoms with Crippen molar-refractivity contribution in [3.05, 3.63) is 0 Å². The van der Waals surface area contributed by atoms with E-state index in [1.807, 2.05) is 0 Å². The number of hydrogen-bond acceptors (Lipinski definition) is 10. The second kappa shape index (κ2) is 13.5. The first kappa shape index (κ1) is 32.2. The molecule has 2 N–H and O–H groups in total. The van der Waals surface area contributed by atoms with E-state index in [-0.39, 0.29) is 66.7 Å². The second-order valence-corrected chi connectivity index (χ2v) is 19.8. The van der Waals surface area contributed by atoms with Gasteiger partial charge in [0, 0.05) is 11.5 Å².